The molecule has 1 heterocycles. The monoisotopic (exact) mass is 301 g/mol. The van der Waals surface area contributed by atoms with Crippen LogP contribution in [0.4, 0.5) is 4.39 Å². The zero-order chi connectivity index (χ0) is 15.4. The van der Waals surface area contributed by atoms with Gasteiger partial charge >= 0.3 is 0 Å². The van der Waals surface area contributed by atoms with E-state index in [2.05, 4.69) is 4.98 Å². The fourth-order valence-electron chi connectivity index (χ4n) is 2.17. The summed E-state index contributed by atoms with van der Waals surface area (Å²) in [5.41, 5.74) is 3.32. The van der Waals surface area contributed by atoms with Gasteiger partial charge in [-0.1, -0.05) is 43.6 Å². The molecule has 0 bridgehead atoms. The molecule has 21 heavy (non-hydrogen) atoms. The van der Waals surface area contributed by atoms with Gasteiger partial charge in [0.15, 0.2) is 0 Å². The molecule has 0 N–H and O–H groups in total. The summed E-state index contributed by atoms with van der Waals surface area (Å²) in [5.74, 6) is -0.283. The minimum Gasteiger partial charge on any atom is -0.247 e. The third-order valence-electron chi connectivity index (χ3n) is 3.10. The van der Waals surface area contributed by atoms with Gasteiger partial charge in [0.25, 0.3) is 0 Å². The molecular weight excluding hydrogens is 285 g/mol. The molecule has 0 amide bonds. The highest BCUT2D eigenvalue weighted by Gasteiger charge is 2.09. The Bertz CT molecular complexity index is 768. The summed E-state index contributed by atoms with van der Waals surface area (Å²) in [4.78, 5) is 4.54. The Morgan fingerprint density at radius 1 is 1.00 bits per heavy atom. The van der Waals surface area contributed by atoms with Crippen molar-refractivity contribution in [2.45, 2.75) is 20.8 Å². The molecule has 0 saturated carbocycles. The third kappa shape index (κ3) is 3.22. The van der Waals surface area contributed by atoms with E-state index >= 15 is 0 Å². The normalized spacial score (nSPS) is 10.1. The second-order valence-electron chi connectivity index (χ2n) is 4.47. The number of aromatic nitrogens is 1. The van der Waals surface area contributed by atoms with Gasteiger partial charge in [0.05, 0.1) is 11.2 Å². The third-order valence-corrected chi connectivity index (χ3v) is 3.43. The Morgan fingerprint density at radius 2 is 1.71 bits per heavy atom. The van der Waals surface area contributed by atoms with Gasteiger partial charge in [-0.15, -0.1) is 0 Å². The van der Waals surface area contributed by atoms with E-state index in [9.17, 15) is 4.39 Å². The molecule has 2 aromatic carbocycles. The van der Waals surface area contributed by atoms with Crippen molar-refractivity contribution in [1.29, 1.82) is 0 Å². The highest BCUT2D eigenvalue weighted by Crippen LogP contribution is 2.30. The summed E-state index contributed by atoms with van der Waals surface area (Å²) in [6.07, 6.45) is 0. The number of halogens is 2. The van der Waals surface area contributed by atoms with E-state index < -0.39 is 0 Å². The lowest BCUT2D eigenvalue weighted by Gasteiger charge is -2.09. The Kier molecular flexibility index (Phi) is 4.92. The van der Waals surface area contributed by atoms with E-state index in [1.165, 1.54) is 12.1 Å². The number of hydrogen-bond donors (Lipinski definition) is 0. The second kappa shape index (κ2) is 6.68. The van der Waals surface area contributed by atoms with Gasteiger partial charge in [-0.25, -0.2) is 9.37 Å². The van der Waals surface area contributed by atoms with Crippen molar-refractivity contribution in [1.82, 2.24) is 4.98 Å². The van der Waals surface area contributed by atoms with Crippen molar-refractivity contribution in [3.63, 3.8) is 0 Å². The summed E-state index contributed by atoms with van der Waals surface area (Å²) in [6.45, 7) is 5.98. The molecule has 0 radical (unpaired) electrons. The maximum atomic E-state index is 13.3. The van der Waals surface area contributed by atoms with Crippen LogP contribution in [0.3, 0.4) is 0 Å². The molecular formula is C18H17ClFN. The number of rotatable bonds is 1. The molecule has 3 aromatic rings. The molecule has 0 aliphatic rings. The smallest absolute Gasteiger partial charge is 0.125 e. The SMILES string of the molecule is CC.Cc1cc2ccc(F)cc2nc1-c1ccccc1Cl. The summed E-state index contributed by atoms with van der Waals surface area (Å²) in [6, 6.07) is 14.2. The van der Waals surface area contributed by atoms with Crippen LogP contribution in [0.1, 0.15) is 19.4 Å². The molecule has 1 nitrogen and oxygen atoms in total. The number of nitrogens with zero attached hydrogens (tertiary/aromatic N) is 1. The van der Waals surface area contributed by atoms with Crippen LogP contribution in [0.5, 0.6) is 0 Å². The summed E-state index contributed by atoms with van der Waals surface area (Å²) >= 11 is 6.20. The number of pyridine rings is 1. The predicted molar refractivity (Wildman–Crippen MR) is 88.2 cm³/mol. The lowest BCUT2D eigenvalue weighted by atomic mass is 10.0. The Morgan fingerprint density at radius 3 is 2.43 bits per heavy atom. The van der Waals surface area contributed by atoms with Crippen molar-refractivity contribution in [3.8, 4) is 11.3 Å². The van der Waals surface area contributed by atoms with Crippen molar-refractivity contribution < 1.29 is 4.39 Å². The average molecular weight is 302 g/mol. The first kappa shape index (κ1) is 15.5. The van der Waals surface area contributed by atoms with Crippen LogP contribution < -0.4 is 0 Å². The van der Waals surface area contributed by atoms with Gasteiger partial charge < -0.3 is 0 Å². The molecule has 0 saturated heterocycles. The van der Waals surface area contributed by atoms with Crippen LogP contribution in [0.2, 0.25) is 5.02 Å². The van der Waals surface area contributed by atoms with E-state index in [1.807, 2.05) is 51.1 Å². The molecule has 1 aromatic heterocycles. The summed E-state index contributed by atoms with van der Waals surface area (Å²) in [7, 11) is 0. The van der Waals surface area contributed by atoms with E-state index in [0.717, 1.165) is 22.2 Å². The first-order chi connectivity index (χ1) is 10.1. The van der Waals surface area contributed by atoms with E-state index in [1.54, 1.807) is 6.07 Å². The van der Waals surface area contributed by atoms with Crippen LogP contribution >= 0.6 is 11.6 Å². The highest BCUT2D eigenvalue weighted by molar-refractivity contribution is 6.33. The largest absolute Gasteiger partial charge is 0.247 e. The maximum Gasteiger partial charge on any atom is 0.125 e. The lowest BCUT2D eigenvalue weighted by Crippen LogP contribution is -1.91. The minimum atomic E-state index is -0.283. The van der Waals surface area contributed by atoms with E-state index in [-0.39, 0.29) is 5.82 Å². The average Bonchev–Trinajstić information content (AvgIpc) is 2.50. The first-order valence-electron chi connectivity index (χ1n) is 6.97. The van der Waals surface area contributed by atoms with Crippen LogP contribution in [-0.2, 0) is 0 Å². The fraction of sp³-hybridized carbons (Fsp3) is 0.167. The fourth-order valence-corrected chi connectivity index (χ4v) is 2.40. The molecule has 3 rings (SSSR count). The van der Waals surface area contributed by atoms with Gasteiger partial charge in [0, 0.05) is 22.0 Å². The number of aryl methyl sites for hydroxylation is 1. The number of hydrogen-bond acceptors (Lipinski definition) is 1. The molecule has 0 unspecified atom stereocenters. The number of fused-ring (bicyclic) bond motifs is 1. The molecule has 108 valence electrons. The molecule has 3 heteroatoms. The summed E-state index contributed by atoms with van der Waals surface area (Å²) < 4.78 is 13.3. The molecule has 0 aliphatic heterocycles. The van der Waals surface area contributed by atoms with Crippen LogP contribution in [0.25, 0.3) is 22.2 Å². The maximum absolute atomic E-state index is 13.3. The topological polar surface area (TPSA) is 12.9 Å². The lowest BCUT2D eigenvalue weighted by molar-refractivity contribution is 0.629. The van der Waals surface area contributed by atoms with Gasteiger partial charge in [0.2, 0.25) is 0 Å². The molecule has 0 spiro atoms. The van der Waals surface area contributed by atoms with Gasteiger partial charge in [-0.3, -0.25) is 0 Å². The predicted octanol–water partition coefficient (Wildman–Crippen LogP) is 6.03. The van der Waals surface area contributed by atoms with E-state index in [0.29, 0.717) is 10.5 Å². The van der Waals surface area contributed by atoms with Crippen LogP contribution in [-0.4, -0.2) is 4.98 Å². The van der Waals surface area contributed by atoms with E-state index in [4.69, 9.17) is 11.6 Å². The van der Waals surface area contributed by atoms with Crippen LogP contribution in [0.15, 0.2) is 48.5 Å². The molecule has 0 aliphatic carbocycles. The zero-order valence-electron chi connectivity index (χ0n) is 12.3. The van der Waals surface area contributed by atoms with Gasteiger partial charge in [-0.2, -0.15) is 0 Å². The van der Waals surface area contributed by atoms with Crippen molar-refractivity contribution in [2.75, 3.05) is 0 Å². The van der Waals surface area contributed by atoms with Crippen molar-refractivity contribution >= 4 is 22.5 Å². The van der Waals surface area contributed by atoms with Crippen molar-refractivity contribution in [2.24, 2.45) is 0 Å². The second-order valence-corrected chi connectivity index (χ2v) is 4.88. The first-order valence-corrected chi connectivity index (χ1v) is 7.35. The number of benzene rings is 2. The highest BCUT2D eigenvalue weighted by atomic mass is 35.5. The Labute approximate surface area is 129 Å². The quantitative estimate of drug-likeness (QED) is 0.535. The molecule has 0 atom stereocenters. The van der Waals surface area contributed by atoms with Crippen molar-refractivity contribution in [3.05, 3.63) is 64.9 Å². The zero-order valence-corrected chi connectivity index (χ0v) is 13.1. The van der Waals surface area contributed by atoms with Crippen LogP contribution in [0, 0.1) is 12.7 Å². The molecule has 0 fully saturated rings. The Balaban J connectivity index is 0.000000774. The standard InChI is InChI=1S/C16H11ClFN.C2H6/c1-10-8-11-6-7-12(18)9-15(11)19-16(10)13-4-2-3-5-14(13)17;1-2/h2-9H,1H3;1-2H3. The minimum absolute atomic E-state index is 0.283. The summed E-state index contributed by atoms with van der Waals surface area (Å²) in [5, 5.41) is 1.57. The van der Waals surface area contributed by atoms with Gasteiger partial charge in [0.1, 0.15) is 5.82 Å². The Hall–Kier alpha value is -1.93. The van der Waals surface area contributed by atoms with Gasteiger partial charge in [-0.05, 0) is 36.8 Å².